The zero-order chi connectivity index (χ0) is 12.8. The summed E-state index contributed by atoms with van der Waals surface area (Å²) in [6, 6.07) is 5.86. The molecule has 1 N–H and O–H groups in total. The maximum absolute atomic E-state index is 5.53. The van der Waals surface area contributed by atoms with Crippen molar-refractivity contribution in [3.63, 3.8) is 0 Å². The van der Waals surface area contributed by atoms with Crippen molar-refractivity contribution in [1.29, 1.82) is 0 Å². The van der Waals surface area contributed by atoms with Gasteiger partial charge in [-0.05, 0) is 13.0 Å². The van der Waals surface area contributed by atoms with Crippen LogP contribution < -0.4 is 14.8 Å². The predicted molar refractivity (Wildman–Crippen MR) is 71.4 cm³/mol. The molecule has 5 nitrogen and oxygen atoms in total. The molecule has 0 spiro atoms. The fourth-order valence-electron chi connectivity index (χ4n) is 1.63. The third kappa shape index (κ3) is 2.89. The standard InChI is InChI=1S/C12H15N3O2S/c1-3-17-10-6-4-5-9(12(10)16-2)7-13-11-8-14-15-18-11/h4-6,8,13H,3,7H2,1-2H3. The molecule has 0 fully saturated rings. The van der Waals surface area contributed by atoms with Crippen LogP contribution in [0.15, 0.2) is 24.4 Å². The van der Waals surface area contributed by atoms with Crippen LogP contribution in [0.2, 0.25) is 0 Å². The first kappa shape index (κ1) is 12.6. The van der Waals surface area contributed by atoms with E-state index < -0.39 is 0 Å². The molecule has 0 saturated heterocycles. The highest BCUT2D eigenvalue weighted by Crippen LogP contribution is 2.31. The highest BCUT2D eigenvalue weighted by molar-refractivity contribution is 7.09. The Morgan fingerprint density at radius 1 is 1.39 bits per heavy atom. The molecule has 0 atom stereocenters. The number of anilines is 1. The van der Waals surface area contributed by atoms with Crippen LogP contribution in [-0.2, 0) is 6.54 Å². The van der Waals surface area contributed by atoms with Gasteiger partial charge in [0.25, 0.3) is 0 Å². The van der Waals surface area contributed by atoms with E-state index in [9.17, 15) is 0 Å². The quantitative estimate of drug-likeness (QED) is 0.870. The van der Waals surface area contributed by atoms with Gasteiger partial charge in [-0.3, -0.25) is 0 Å². The number of hydrogen-bond acceptors (Lipinski definition) is 6. The summed E-state index contributed by atoms with van der Waals surface area (Å²) in [6.07, 6.45) is 1.70. The first-order valence-corrected chi connectivity index (χ1v) is 6.42. The number of aromatic nitrogens is 2. The van der Waals surface area contributed by atoms with Crippen molar-refractivity contribution < 1.29 is 9.47 Å². The smallest absolute Gasteiger partial charge is 0.165 e. The monoisotopic (exact) mass is 265 g/mol. The van der Waals surface area contributed by atoms with E-state index in [4.69, 9.17) is 9.47 Å². The molecule has 0 radical (unpaired) electrons. The van der Waals surface area contributed by atoms with E-state index in [2.05, 4.69) is 14.9 Å². The molecule has 0 unspecified atom stereocenters. The van der Waals surface area contributed by atoms with Crippen molar-refractivity contribution in [3.05, 3.63) is 30.0 Å². The van der Waals surface area contributed by atoms with Crippen LogP contribution in [0, 0.1) is 0 Å². The zero-order valence-electron chi connectivity index (χ0n) is 10.3. The van der Waals surface area contributed by atoms with Crippen LogP contribution in [0.5, 0.6) is 11.5 Å². The summed E-state index contributed by atoms with van der Waals surface area (Å²) < 4.78 is 14.7. The van der Waals surface area contributed by atoms with Gasteiger partial charge in [0.05, 0.1) is 19.9 Å². The molecule has 6 heteroatoms. The fourth-order valence-corrected chi connectivity index (χ4v) is 2.04. The van der Waals surface area contributed by atoms with Gasteiger partial charge in [0, 0.05) is 23.6 Å². The molecule has 1 aromatic carbocycles. The first-order valence-electron chi connectivity index (χ1n) is 5.65. The lowest BCUT2D eigenvalue weighted by atomic mass is 10.2. The third-order valence-corrected chi connectivity index (χ3v) is 3.00. The largest absolute Gasteiger partial charge is 0.493 e. The Hall–Kier alpha value is -1.82. The van der Waals surface area contributed by atoms with Crippen molar-refractivity contribution in [2.45, 2.75) is 13.5 Å². The van der Waals surface area contributed by atoms with E-state index in [-0.39, 0.29) is 0 Å². The van der Waals surface area contributed by atoms with Gasteiger partial charge in [-0.1, -0.05) is 16.6 Å². The second-order valence-electron chi connectivity index (χ2n) is 3.52. The molecule has 2 aromatic rings. The van der Waals surface area contributed by atoms with Crippen molar-refractivity contribution in [2.75, 3.05) is 19.0 Å². The minimum atomic E-state index is 0.617. The number of para-hydroxylation sites is 1. The summed E-state index contributed by atoms with van der Waals surface area (Å²) in [5, 5.41) is 7.95. The highest BCUT2D eigenvalue weighted by Gasteiger charge is 2.09. The molecular formula is C12H15N3O2S. The van der Waals surface area contributed by atoms with Crippen LogP contribution in [-0.4, -0.2) is 23.3 Å². The molecule has 0 aliphatic carbocycles. The van der Waals surface area contributed by atoms with Gasteiger partial charge in [-0.25, -0.2) is 0 Å². The molecule has 0 amide bonds. The Bertz CT molecular complexity index is 488. The summed E-state index contributed by atoms with van der Waals surface area (Å²) >= 11 is 1.33. The van der Waals surface area contributed by atoms with Gasteiger partial charge in [0.2, 0.25) is 0 Å². The van der Waals surface area contributed by atoms with Crippen LogP contribution in [0.4, 0.5) is 5.00 Å². The number of rotatable bonds is 6. The van der Waals surface area contributed by atoms with E-state index in [1.54, 1.807) is 13.3 Å². The minimum absolute atomic E-state index is 0.617. The van der Waals surface area contributed by atoms with Crippen LogP contribution >= 0.6 is 11.5 Å². The van der Waals surface area contributed by atoms with Crippen LogP contribution in [0.3, 0.4) is 0 Å². The summed E-state index contributed by atoms with van der Waals surface area (Å²) in [5.41, 5.74) is 1.04. The fraction of sp³-hybridized carbons (Fsp3) is 0.333. The van der Waals surface area contributed by atoms with Crippen molar-refractivity contribution in [2.24, 2.45) is 0 Å². The lowest BCUT2D eigenvalue weighted by molar-refractivity contribution is 0.309. The third-order valence-electron chi connectivity index (χ3n) is 2.38. The zero-order valence-corrected chi connectivity index (χ0v) is 11.2. The van der Waals surface area contributed by atoms with Crippen molar-refractivity contribution in [1.82, 2.24) is 9.59 Å². The number of nitrogens with one attached hydrogen (secondary N) is 1. The van der Waals surface area contributed by atoms with E-state index in [1.165, 1.54) is 11.5 Å². The minimum Gasteiger partial charge on any atom is -0.493 e. The molecule has 0 saturated carbocycles. The summed E-state index contributed by atoms with van der Waals surface area (Å²) in [4.78, 5) is 0. The number of hydrogen-bond donors (Lipinski definition) is 1. The highest BCUT2D eigenvalue weighted by atomic mass is 32.1. The van der Waals surface area contributed by atoms with E-state index in [1.807, 2.05) is 25.1 Å². The summed E-state index contributed by atoms with van der Waals surface area (Å²) in [5.74, 6) is 1.53. The number of benzene rings is 1. The van der Waals surface area contributed by atoms with Gasteiger partial charge < -0.3 is 14.8 Å². The van der Waals surface area contributed by atoms with Crippen molar-refractivity contribution in [3.8, 4) is 11.5 Å². The molecule has 1 aromatic heterocycles. The number of methoxy groups -OCH3 is 1. The van der Waals surface area contributed by atoms with E-state index in [0.717, 1.165) is 22.1 Å². The van der Waals surface area contributed by atoms with Gasteiger partial charge in [-0.2, -0.15) is 0 Å². The van der Waals surface area contributed by atoms with E-state index in [0.29, 0.717) is 13.2 Å². The Balaban J connectivity index is 2.13. The van der Waals surface area contributed by atoms with Crippen molar-refractivity contribution >= 4 is 16.5 Å². The van der Waals surface area contributed by atoms with Crippen LogP contribution in [0.1, 0.15) is 12.5 Å². The Morgan fingerprint density at radius 3 is 2.94 bits per heavy atom. The maximum Gasteiger partial charge on any atom is 0.165 e. The molecule has 0 aliphatic rings. The Morgan fingerprint density at radius 2 is 2.28 bits per heavy atom. The molecule has 0 bridgehead atoms. The van der Waals surface area contributed by atoms with Crippen LogP contribution in [0.25, 0.3) is 0 Å². The van der Waals surface area contributed by atoms with E-state index >= 15 is 0 Å². The molecule has 1 heterocycles. The average Bonchev–Trinajstić information content (AvgIpc) is 2.90. The Labute approximate surface area is 110 Å². The topological polar surface area (TPSA) is 56.3 Å². The second kappa shape index (κ2) is 6.20. The summed E-state index contributed by atoms with van der Waals surface area (Å²) in [6.45, 7) is 3.22. The predicted octanol–water partition coefficient (Wildman–Crippen LogP) is 2.56. The molecule has 2 rings (SSSR count). The SMILES string of the molecule is CCOc1cccc(CNc2cnns2)c1OC. The molecular weight excluding hydrogens is 250 g/mol. The summed E-state index contributed by atoms with van der Waals surface area (Å²) in [7, 11) is 1.65. The number of ether oxygens (including phenoxy) is 2. The lowest BCUT2D eigenvalue weighted by Gasteiger charge is -2.13. The van der Waals surface area contributed by atoms with Gasteiger partial charge in [0.15, 0.2) is 11.5 Å². The average molecular weight is 265 g/mol. The number of nitrogens with zero attached hydrogens (tertiary/aromatic N) is 2. The second-order valence-corrected chi connectivity index (χ2v) is 4.30. The maximum atomic E-state index is 5.53. The Kier molecular flexibility index (Phi) is 4.35. The molecule has 96 valence electrons. The molecule has 0 aliphatic heterocycles. The van der Waals surface area contributed by atoms with Gasteiger partial charge in [0.1, 0.15) is 5.00 Å². The van der Waals surface area contributed by atoms with Gasteiger partial charge >= 0.3 is 0 Å². The normalized spacial score (nSPS) is 10.1. The molecule has 18 heavy (non-hydrogen) atoms. The lowest BCUT2D eigenvalue weighted by Crippen LogP contribution is -2.03. The van der Waals surface area contributed by atoms with Gasteiger partial charge in [-0.15, -0.1) is 5.10 Å². The first-order chi connectivity index (χ1) is 8.85.